The molecule has 0 saturated carbocycles. The Hall–Kier alpha value is -1.79. The van der Waals surface area contributed by atoms with Crippen LogP contribution in [0.3, 0.4) is 0 Å². The molecule has 2 atom stereocenters. The third-order valence-corrected chi connectivity index (χ3v) is 3.49. The number of piperidine rings is 1. The number of amides is 3. The molecule has 1 heterocycles. The first-order valence-electron chi connectivity index (χ1n) is 7.00. The van der Waals surface area contributed by atoms with Gasteiger partial charge < -0.3 is 21.1 Å². The summed E-state index contributed by atoms with van der Waals surface area (Å²) in [7, 11) is 0. The van der Waals surface area contributed by atoms with Crippen LogP contribution in [0.4, 0.5) is 4.79 Å². The van der Waals surface area contributed by atoms with Crippen molar-refractivity contribution in [3.8, 4) is 0 Å². The summed E-state index contributed by atoms with van der Waals surface area (Å²) in [5.41, 5.74) is 5.31. The Morgan fingerprint density at radius 3 is 2.70 bits per heavy atom. The number of carboxylic acid groups (broad SMARTS) is 1. The largest absolute Gasteiger partial charge is 0.481 e. The third-order valence-electron chi connectivity index (χ3n) is 3.49. The zero-order chi connectivity index (χ0) is 15.1. The van der Waals surface area contributed by atoms with Gasteiger partial charge in [0.15, 0.2) is 0 Å². The van der Waals surface area contributed by atoms with Gasteiger partial charge in [-0.25, -0.2) is 4.79 Å². The van der Waals surface area contributed by atoms with Crippen molar-refractivity contribution in [2.45, 2.75) is 57.5 Å². The molecule has 7 nitrogen and oxygen atoms in total. The first kappa shape index (κ1) is 16.3. The molecule has 2 unspecified atom stereocenters. The lowest BCUT2D eigenvalue weighted by molar-refractivity contribution is -0.137. The van der Waals surface area contributed by atoms with E-state index in [1.54, 1.807) is 0 Å². The number of carboxylic acids is 1. The van der Waals surface area contributed by atoms with Crippen LogP contribution in [0.2, 0.25) is 0 Å². The fourth-order valence-electron chi connectivity index (χ4n) is 2.40. The van der Waals surface area contributed by atoms with Crippen molar-refractivity contribution < 1.29 is 19.5 Å². The summed E-state index contributed by atoms with van der Waals surface area (Å²) >= 11 is 0. The summed E-state index contributed by atoms with van der Waals surface area (Å²) in [5.74, 6) is -1.31. The van der Waals surface area contributed by atoms with E-state index in [1.807, 2.05) is 6.92 Å². The fraction of sp³-hybridized carbons (Fsp3) is 0.769. The molecule has 0 radical (unpaired) electrons. The van der Waals surface area contributed by atoms with E-state index < -0.39 is 17.9 Å². The van der Waals surface area contributed by atoms with Gasteiger partial charge in [-0.15, -0.1) is 0 Å². The highest BCUT2D eigenvalue weighted by Crippen LogP contribution is 2.17. The number of hydrogen-bond acceptors (Lipinski definition) is 3. The average Bonchev–Trinajstić information content (AvgIpc) is 2.38. The topological polar surface area (TPSA) is 113 Å². The second kappa shape index (κ2) is 7.72. The van der Waals surface area contributed by atoms with Gasteiger partial charge in [-0.05, 0) is 39.0 Å². The minimum atomic E-state index is -0.839. The van der Waals surface area contributed by atoms with Crippen molar-refractivity contribution >= 4 is 17.9 Å². The molecule has 4 N–H and O–H groups in total. The molecule has 20 heavy (non-hydrogen) atoms. The number of carbonyl (C=O) groups excluding carboxylic acids is 2. The number of hydrogen-bond donors (Lipinski definition) is 3. The monoisotopic (exact) mass is 285 g/mol. The molecule has 7 heteroatoms. The molecule has 0 aromatic carbocycles. The highest BCUT2D eigenvalue weighted by molar-refractivity contribution is 5.86. The van der Waals surface area contributed by atoms with Gasteiger partial charge in [0.2, 0.25) is 5.91 Å². The van der Waals surface area contributed by atoms with Gasteiger partial charge in [0.05, 0.1) is 0 Å². The zero-order valence-corrected chi connectivity index (χ0v) is 11.8. The lowest BCUT2D eigenvalue weighted by atomic mass is 10.0. The van der Waals surface area contributed by atoms with Crippen LogP contribution in [0.15, 0.2) is 0 Å². The maximum atomic E-state index is 12.1. The van der Waals surface area contributed by atoms with Crippen LogP contribution in [0, 0.1) is 0 Å². The van der Waals surface area contributed by atoms with Gasteiger partial charge >= 0.3 is 12.0 Å². The van der Waals surface area contributed by atoms with E-state index in [0.29, 0.717) is 25.8 Å². The Morgan fingerprint density at radius 2 is 2.10 bits per heavy atom. The molecule has 1 fully saturated rings. The zero-order valence-electron chi connectivity index (χ0n) is 11.8. The molecule has 1 aliphatic rings. The maximum absolute atomic E-state index is 12.1. The van der Waals surface area contributed by atoms with Crippen molar-refractivity contribution in [2.24, 2.45) is 5.73 Å². The Morgan fingerprint density at radius 1 is 1.40 bits per heavy atom. The van der Waals surface area contributed by atoms with Gasteiger partial charge in [0, 0.05) is 19.0 Å². The van der Waals surface area contributed by atoms with Gasteiger partial charge in [-0.1, -0.05) is 0 Å². The molecule has 0 aromatic heterocycles. The third kappa shape index (κ3) is 5.07. The standard InChI is InChI=1S/C13H23N3O4/c1-9(5-4-7-11(17)18)15-13(20)16-8-3-2-6-10(16)12(14)19/h9-10H,2-8H2,1H3,(H2,14,19)(H,15,20)(H,17,18). The minimum absolute atomic E-state index is 0.0911. The van der Waals surface area contributed by atoms with E-state index in [1.165, 1.54) is 4.90 Å². The molecule has 0 spiro atoms. The van der Waals surface area contributed by atoms with E-state index in [4.69, 9.17) is 10.8 Å². The molecule has 3 amide bonds. The van der Waals surface area contributed by atoms with Crippen LogP contribution < -0.4 is 11.1 Å². The number of aliphatic carboxylic acids is 1. The smallest absolute Gasteiger partial charge is 0.318 e. The second-order valence-electron chi connectivity index (χ2n) is 5.24. The fourth-order valence-corrected chi connectivity index (χ4v) is 2.40. The van der Waals surface area contributed by atoms with Gasteiger partial charge in [-0.3, -0.25) is 9.59 Å². The molecular formula is C13H23N3O4. The van der Waals surface area contributed by atoms with E-state index in [0.717, 1.165) is 12.8 Å². The lowest BCUT2D eigenvalue weighted by Gasteiger charge is -2.34. The normalized spacial score (nSPS) is 20.2. The highest BCUT2D eigenvalue weighted by Gasteiger charge is 2.30. The molecule has 0 bridgehead atoms. The van der Waals surface area contributed by atoms with Crippen molar-refractivity contribution in [2.75, 3.05) is 6.54 Å². The van der Waals surface area contributed by atoms with Crippen LogP contribution in [-0.4, -0.2) is 46.5 Å². The molecule has 0 aliphatic carbocycles. The van der Waals surface area contributed by atoms with Crippen molar-refractivity contribution in [1.29, 1.82) is 0 Å². The quantitative estimate of drug-likeness (QED) is 0.666. The minimum Gasteiger partial charge on any atom is -0.481 e. The summed E-state index contributed by atoms with van der Waals surface area (Å²) in [5, 5.41) is 11.4. The molecular weight excluding hydrogens is 262 g/mol. The average molecular weight is 285 g/mol. The predicted molar refractivity (Wildman–Crippen MR) is 73.0 cm³/mol. The Bertz CT molecular complexity index is 373. The maximum Gasteiger partial charge on any atom is 0.318 e. The number of nitrogens with zero attached hydrogens (tertiary/aromatic N) is 1. The van der Waals surface area contributed by atoms with Gasteiger partial charge in [0.1, 0.15) is 6.04 Å². The number of nitrogens with one attached hydrogen (secondary N) is 1. The van der Waals surface area contributed by atoms with Gasteiger partial charge in [-0.2, -0.15) is 0 Å². The number of carbonyl (C=O) groups is 3. The number of urea groups is 1. The molecule has 0 aromatic rings. The molecule has 1 rings (SSSR count). The number of rotatable bonds is 6. The highest BCUT2D eigenvalue weighted by atomic mass is 16.4. The molecule has 1 saturated heterocycles. The van der Waals surface area contributed by atoms with E-state index >= 15 is 0 Å². The SMILES string of the molecule is CC(CCCC(=O)O)NC(=O)N1CCCCC1C(N)=O. The van der Waals surface area contributed by atoms with E-state index in [2.05, 4.69) is 5.32 Å². The second-order valence-corrected chi connectivity index (χ2v) is 5.24. The summed E-state index contributed by atoms with van der Waals surface area (Å²) in [6.07, 6.45) is 3.56. The Balaban J connectivity index is 2.43. The lowest BCUT2D eigenvalue weighted by Crippen LogP contribution is -2.55. The van der Waals surface area contributed by atoms with Crippen LogP contribution in [-0.2, 0) is 9.59 Å². The predicted octanol–water partition coefficient (Wildman–Crippen LogP) is 0.679. The van der Waals surface area contributed by atoms with Crippen LogP contribution >= 0.6 is 0 Å². The first-order valence-corrected chi connectivity index (χ1v) is 7.00. The molecule has 114 valence electrons. The number of nitrogens with two attached hydrogens (primary N) is 1. The summed E-state index contributed by atoms with van der Waals surface area (Å²) in [6, 6.07) is -0.955. The van der Waals surface area contributed by atoms with Crippen LogP contribution in [0.25, 0.3) is 0 Å². The van der Waals surface area contributed by atoms with Crippen LogP contribution in [0.1, 0.15) is 45.4 Å². The summed E-state index contributed by atoms with van der Waals surface area (Å²) in [6.45, 7) is 2.35. The van der Waals surface area contributed by atoms with E-state index in [-0.39, 0.29) is 18.5 Å². The summed E-state index contributed by atoms with van der Waals surface area (Å²) in [4.78, 5) is 35.4. The summed E-state index contributed by atoms with van der Waals surface area (Å²) < 4.78 is 0. The number of primary amides is 1. The Kier molecular flexibility index (Phi) is 6.27. The van der Waals surface area contributed by atoms with Crippen molar-refractivity contribution in [3.63, 3.8) is 0 Å². The first-order chi connectivity index (χ1) is 9.41. The van der Waals surface area contributed by atoms with Crippen LogP contribution in [0.5, 0.6) is 0 Å². The number of likely N-dealkylation sites (tertiary alicyclic amines) is 1. The van der Waals surface area contributed by atoms with E-state index in [9.17, 15) is 14.4 Å². The van der Waals surface area contributed by atoms with Crippen molar-refractivity contribution in [1.82, 2.24) is 10.2 Å². The Labute approximate surface area is 118 Å². The van der Waals surface area contributed by atoms with Crippen molar-refractivity contribution in [3.05, 3.63) is 0 Å². The van der Waals surface area contributed by atoms with Gasteiger partial charge in [0.25, 0.3) is 0 Å². The molecule has 1 aliphatic heterocycles.